The van der Waals surface area contributed by atoms with Crippen LogP contribution in [0.3, 0.4) is 0 Å². The molecule has 6 heteroatoms. The maximum absolute atomic E-state index is 12.0. The van der Waals surface area contributed by atoms with Crippen molar-refractivity contribution in [1.29, 1.82) is 0 Å². The fraction of sp³-hybridized carbons (Fsp3) is 0.500. The highest BCUT2D eigenvalue weighted by Gasteiger charge is 2.33. The highest BCUT2D eigenvalue weighted by Crippen LogP contribution is 2.20. The van der Waals surface area contributed by atoms with E-state index in [0.29, 0.717) is 32.6 Å². The summed E-state index contributed by atoms with van der Waals surface area (Å²) in [4.78, 5) is 25.8. The Hall–Kier alpha value is -1.59. The molecule has 0 radical (unpaired) electrons. The fourth-order valence-electron chi connectivity index (χ4n) is 2.47. The largest absolute Gasteiger partial charge is 0.356 e. The Morgan fingerprint density at radius 3 is 2.68 bits per heavy atom. The van der Waals surface area contributed by atoms with Gasteiger partial charge in [-0.15, -0.1) is 12.4 Å². The summed E-state index contributed by atoms with van der Waals surface area (Å²) in [7, 11) is 0. The minimum atomic E-state index is -0.235. The van der Waals surface area contributed by atoms with E-state index in [0.717, 1.165) is 12.0 Å². The van der Waals surface area contributed by atoms with Crippen molar-refractivity contribution in [2.75, 3.05) is 19.6 Å². The SMILES string of the molecule is Cc1ccc(CN2CC(C(=O)NCCCN)CC2=O)cc1.Cl. The molecule has 1 atom stereocenters. The number of nitrogens with zero attached hydrogens (tertiary/aromatic N) is 1. The molecule has 2 amide bonds. The third kappa shape index (κ3) is 5.00. The third-order valence-electron chi connectivity index (χ3n) is 3.76. The second-order valence-corrected chi connectivity index (χ2v) is 5.59. The molecule has 1 fully saturated rings. The molecule has 22 heavy (non-hydrogen) atoms. The molecular weight excluding hydrogens is 302 g/mol. The molecular formula is C16H24ClN3O2. The third-order valence-corrected chi connectivity index (χ3v) is 3.76. The van der Waals surface area contributed by atoms with E-state index < -0.39 is 0 Å². The minimum absolute atomic E-state index is 0. The summed E-state index contributed by atoms with van der Waals surface area (Å²) >= 11 is 0. The molecule has 0 aromatic heterocycles. The number of hydrogen-bond acceptors (Lipinski definition) is 3. The average Bonchev–Trinajstić information content (AvgIpc) is 2.83. The van der Waals surface area contributed by atoms with E-state index >= 15 is 0 Å². The normalized spacial score (nSPS) is 17.3. The van der Waals surface area contributed by atoms with Crippen molar-refractivity contribution in [3.05, 3.63) is 35.4 Å². The van der Waals surface area contributed by atoms with Crippen LogP contribution >= 0.6 is 12.4 Å². The molecule has 0 aliphatic carbocycles. The van der Waals surface area contributed by atoms with E-state index in [9.17, 15) is 9.59 Å². The molecule has 1 unspecified atom stereocenters. The van der Waals surface area contributed by atoms with Gasteiger partial charge in [0.25, 0.3) is 0 Å². The smallest absolute Gasteiger partial charge is 0.225 e. The Kier molecular flexibility index (Phi) is 7.35. The number of nitrogens with two attached hydrogens (primary N) is 1. The number of likely N-dealkylation sites (tertiary alicyclic amines) is 1. The van der Waals surface area contributed by atoms with Crippen LogP contribution in [0.25, 0.3) is 0 Å². The number of aryl methyl sites for hydroxylation is 1. The summed E-state index contributed by atoms with van der Waals surface area (Å²) in [6.45, 7) is 4.25. The fourth-order valence-corrected chi connectivity index (χ4v) is 2.47. The molecule has 0 spiro atoms. The standard InChI is InChI=1S/C16H23N3O2.ClH/c1-12-3-5-13(6-4-12)10-19-11-14(9-15(19)20)16(21)18-8-2-7-17;/h3-6,14H,2,7-11,17H2,1H3,(H,18,21);1H. The van der Waals surface area contributed by atoms with Crippen molar-refractivity contribution in [2.24, 2.45) is 11.7 Å². The Bertz CT molecular complexity index is 505. The van der Waals surface area contributed by atoms with Crippen LogP contribution in [0.15, 0.2) is 24.3 Å². The predicted molar refractivity (Wildman–Crippen MR) is 88.6 cm³/mol. The number of hydrogen-bond donors (Lipinski definition) is 2. The van der Waals surface area contributed by atoms with Crippen molar-refractivity contribution < 1.29 is 9.59 Å². The van der Waals surface area contributed by atoms with Gasteiger partial charge < -0.3 is 16.0 Å². The quantitative estimate of drug-likeness (QED) is 0.772. The number of benzene rings is 1. The van der Waals surface area contributed by atoms with Crippen LogP contribution in [0.5, 0.6) is 0 Å². The first-order valence-corrected chi connectivity index (χ1v) is 7.41. The topological polar surface area (TPSA) is 75.4 Å². The number of rotatable bonds is 6. The molecule has 3 N–H and O–H groups in total. The lowest BCUT2D eigenvalue weighted by atomic mass is 10.1. The molecule has 0 saturated carbocycles. The lowest BCUT2D eigenvalue weighted by Crippen LogP contribution is -2.34. The summed E-state index contributed by atoms with van der Waals surface area (Å²) in [5, 5.41) is 2.84. The Morgan fingerprint density at radius 2 is 2.05 bits per heavy atom. The maximum Gasteiger partial charge on any atom is 0.225 e. The van der Waals surface area contributed by atoms with Crippen LogP contribution < -0.4 is 11.1 Å². The monoisotopic (exact) mass is 325 g/mol. The van der Waals surface area contributed by atoms with E-state index in [1.807, 2.05) is 31.2 Å². The zero-order valence-corrected chi connectivity index (χ0v) is 13.7. The number of carbonyl (C=O) groups excluding carboxylic acids is 2. The van der Waals surface area contributed by atoms with Gasteiger partial charge in [-0.2, -0.15) is 0 Å². The van der Waals surface area contributed by atoms with Crippen molar-refractivity contribution in [2.45, 2.75) is 26.3 Å². The van der Waals surface area contributed by atoms with Crippen molar-refractivity contribution >= 4 is 24.2 Å². The van der Waals surface area contributed by atoms with E-state index in [1.54, 1.807) is 4.90 Å². The van der Waals surface area contributed by atoms with Crippen molar-refractivity contribution in [3.63, 3.8) is 0 Å². The predicted octanol–water partition coefficient (Wildman–Crippen LogP) is 1.23. The summed E-state index contributed by atoms with van der Waals surface area (Å²) in [6, 6.07) is 8.12. The first-order valence-electron chi connectivity index (χ1n) is 7.41. The Balaban J connectivity index is 0.00000242. The summed E-state index contributed by atoms with van der Waals surface area (Å²) < 4.78 is 0. The van der Waals surface area contributed by atoms with Gasteiger partial charge in [0, 0.05) is 26.1 Å². The van der Waals surface area contributed by atoms with Gasteiger partial charge in [0.2, 0.25) is 11.8 Å². The Labute approximate surface area is 137 Å². The molecule has 5 nitrogen and oxygen atoms in total. The van der Waals surface area contributed by atoms with Gasteiger partial charge in [-0.05, 0) is 25.5 Å². The van der Waals surface area contributed by atoms with Gasteiger partial charge in [0.05, 0.1) is 5.92 Å². The zero-order chi connectivity index (χ0) is 15.2. The first-order chi connectivity index (χ1) is 10.1. The van der Waals surface area contributed by atoms with Gasteiger partial charge in [-0.3, -0.25) is 9.59 Å². The minimum Gasteiger partial charge on any atom is -0.356 e. The molecule has 122 valence electrons. The van der Waals surface area contributed by atoms with Gasteiger partial charge in [0.15, 0.2) is 0 Å². The molecule has 1 aliphatic rings. The van der Waals surface area contributed by atoms with Crippen LogP contribution in [-0.4, -0.2) is 36.3 Å². The van der Waals surface area contributed by atoms with E-state index in [4.69, 9.17) is 5.73 Å². The molecule has 1 saturated heterocycles. The molecule has 1 heterocycles. The van der Waals surface area contributed by atoms with Crippen LogP contribution in [-0.2, 0) is 16.1 Å². The summed E-state index contributed by atoms with van der Waals surface area (Å²) in [6.07, 6.45) is 1.07. The van der Waals surface area contributed by atoms with Gasteiger partial charge in [0.1, 0.15) is 0 Å². The lowest BCUT2D eigenvalue weighted by Gasteiger charge is -2.16. The van der Waals surface area contributed by atoms with Crippen LogP contribution in [0.1, 0.15) is 24.0 Å². The van der Waals surface area contributed by atoms with Gasteiger partial charge >= 0.3 is 0 Å². The number of halogens is 1. The zero-order valence-electron chi connectivity index (χ0n) is 12.9. The number of amides is 2. The summed E-state index contributed by atoms with van der Waals surface area (Å²) in [5.41, 5.74) is 7.69. The van der Waals surface area contributed by atoms with Crippen LogP contribution in [0, 0.1) is 12.8 Å². The highest BCUT2D eigenvalue weighted by atomic mass is 35.5. The van der Waals surface area contributed by atoms with Crippen LogP contribution in [0.2, 0.25) is 0 Å². The second-order valence-electron chi connectivity index (χ2n) is 5.59. The lowest BCUT2D eigenvalue weighted by molar-refractivity contribution is -0.129. The highest BCUT2D eigenvalue weighted by molar-refractivity contribution is 5.89. The van der Waals surface area contributed by atoms with Crippen LogP contribution in [0.4, 0.5) is 0 Å². The van der Waals surface area contributed by atoms with Gasteiger partial charge in [-0.1, -0.05) is 29.8 Å². The molecule has 1 aromatic carbocycles. The molecule has 1 aliphatic heterocycles. The van der Waals surface area contributed by atoms with E-state index in [-0.39, 0.29) is 30.1 Å². The first kappa shape index (κ1) is 18.5. The molecule has 1 aromatic rings. The second kappa shape index (κ2) is 8.76. The average molecular weight is 326 g/mol. The maximum atomic E-state index is 12.0. The molecule has 2 rings (SSSR count). The van der Waals surface area contributed by atoms with Gasteiger partial charge in [-0.25, -0.2) is 0 Å². The van der Waals surface area contributed by atoms with E-state index in [1.165, 1.54) is 5.56 Å². The van der Waals surface area contributed by atoms with E-state index in [2.05, 4.69) is 5.32 Å². The number of carbonyl (C=O) groups is 2. The summed E-state index contributed by atoms with van der Waals surface area (Å²) in [5.74, 6) is -0.224. The van der Waals surface area contributed by atoms with Crippen molar-refractivity contribution in [3.8, 4) is 0 Å². The Morgan fingerprint density at radius 1 is 1.36 bits per heavy atom. The molecule has 0 bridgehead atoms. The van der Waals surface area contributed by atoms with Crippen molar-refractivity contribution in [1.82, 2.24) is 10.2 Å². The number of nitrogens with one attached hydrogen (secondary N) is 1.